The number of fused-ring (bicyclic) bond motifs is 1. The summed E-state index contributed by atoms with van der Waals surface area (Å²) in [4.78, 5) is -0.108. The Balaban J connectivity index is 1.50. The van der Waals surface area contributed by atoms with Crippen LogP contribution in [0.4, 0.5) is 0 Å². The summed E-state index contributed by atoms with van der Waals surface area (Å²) >= 11 is 0. The van der Waals surface area contributed by atoms with E-state index in [4.69, 9.17) is 22.6 Å². The highest BCUT2D eigenvalue weighted by atomic mass is 32.2. The largest absolute Gasteiger partial charge is 0.387 e. The van der Waals surface area contributed by atoms with Crippen LogP contribution in [0.2, 0.25) is 0 Å². The Morgan fingerprint density at radius 3 is 1.83 bits per heavy atom. The Bertz CT molecular complexity index is 1270. The van der Waals surface area contributed by atoms with Crippen molar-refractivity contribution in [3.8, 4) is 0 Å². The van der Waals surface area contributed by atoms with Gasteiger partial charge in [-0.15, -0.1) is 0 Å². The van der Waals surface area contributed by atoms with E-state index >= 15 is 0 Å². The van der Waals surface area contributed by atoms with Crippen LogP contribution in [-0.2, 0) is 42.8 Å². The Kier molecular flexibility index (Phi) is 6.88. The molecule has 0 spiro atoms. The molecule has 2 aliphatic heterocycles. The third-order valence-electron chi connectivity index (χ3n) is 5.73. The van der Waals surface area contributed by atoms with Gasteiger partial charge in [0.2, 0.25) is 5.79 Å². The van der Waals surface area contributed by atoms with Crippen molar-refractivity contribution in [2.24, 2.45) is 0 Å². The lowest BCUT2D eigenvalue weighted by molar-refractivity contribution is -0.272. The molecule has 4 rings (SSSR count). The molecule has 192 valence electrons. The second kappa shape index (κ2) is 9.20. The fourth-order valence-electron chi connectivity index (χ4n) is 3.98. The topological polar surface area (TPSA) is 135 Å². The van der Waals surface area contributed by atoms with E-state index in [0.29, 0.717) is 0 Å². The molecule has 2 heterocycles. The molecule has 2 aromatic rings. The van der Waals surface area contributed by atoms with E-state index in [9.17, 15) is 21.9 Å². The van der Waals surface area contributed by atoms with Gasteiger partial charge in [0.15, 0.2) is 5.79 Å². The molecule has 0 aromatic heterocycles. The van der Waals surface area contributed by atoms with Crippen LogP contribution in [-0.4, -0.2) is 65.0 Å². The highest BCUT2D eigenvalue weighted by Gasteiger charge is 2.65. The summed E-state index contributed by atoms with van der Waals surface area (Å²) in [6.45, 7) is 5.61. The lowest BCUT2D eigenvalue weighted by Gasteiger charge is -2.28. The van der Waals surface area contributed by atoms with Crippen LogP contribution in [0.1, 0.15) is 25.0 Å². The van der Waals surface area contributed by atoms with Gasteiger partial charge >= 0.3 is 0 Å². The van der Waals surface area contributed by atoms with E-state index in [1.54, 1.807) is 38.1 Å². The molecule has 0 aliphatic carbocycles. The van der Waals surface area contributed by atoms with Crippen LogP contribution in [0.25, 0.3) is 0 Å². The minimum absolute atomic E-state index is 0.0494. The van der Waals surface area contributed by atoms with Gasteiger partial charge in [0.25, 0.3) is 20.2 Å². The minimum Gasteiger partial charge on any atom is -0.387 e. The predicted molar refractivity (Wildman–Crippen MR) is 122 cm³/mol. The lowest BCUT2D eigenvalue weighted by Crippen LogP contribution is -2.45. The molecule has 0 radical (unpaired) electrons. The summed E-state index contributed by atoms with van der Waals surface area (Å²) in [6.07, 6.45) is -3.72. The van der Waals surface area contributed by atoms with Gasteiger partial charge in [-0.3, -0.25) is 8.37 Å². The van der Waals surface area contributed by atoms with Crippen LogP contribution < -0.4 is 0 Å². The summed E-state index contributed by atoms with van der Waals surface area (Å²) < 4.78 is 78.3. The Hall–Kier alpha value is -1.90. The van der Waals surface area contributed by atoms with E-state index in [2.05, 4.69) is 0 Å². The van der Waals surface area contributed by atoms with Gasteiger partial charge in [0.1, 0.15) is 24.9 Å². The second-order valence-electron chi connectivity index (χ2n) is 9.08. The molecule has 0 unspecified atom stereocenters. The molecule has 2 fully saturated rings. The van der Waals surface area contributed by atoms with Crippen molar-refractivity contribution < 1.29 is 44.5 Å². The van der Waals surface area contributed by atoms with E-state index in [1.807, 2.05) is 13.8 Å². The van der Waals surface area contributed by atoms with Crippen molar-refractivity contribution in [3.05, 3.63) is 59.7 Å². The molecule has 0 amide bonds. The van der Waals surface area contributed by atoms with Crippen molar-refractivity contribution in [1.82, 2.24) is 0 Å². The summed E-state index contributed by atoms with van der Waals surface area (Å²) in [6, 6.07) is 12.2. The van der Waals surface area contributed by atoms with Gasteiger partial charge in [0.05, 0.1) is 16.4 Å². The maximum absolute atomic E-state index is 12.7. The van der Waals surface area contributed by atoms with Gasteiger partial charge in [0, 0.05) is 0 Å². The first-order valence-corrected chi connectivity index (χ1v) is 13.7. The molecule has 12 heteroatoms. The van der Waals surface area contributed by atoms with Crippen molar-refractivity contribution in [2.45, 2.75) is 67.4 Å². The zero-order chi connectivity index (χ0) is 25.6. The number of rotatable bonds is 8. The lowest BCUT2D eigenvalue weighted by atomic mass is 10.1. The first kappa shape index (κ1) is 26.2. The first-order valence-electron chi connectivity index (χ1n) is 10.9. The quantitative estimate of drug-likeness (QED) is 0.507. The van der Waals surface area contributed by atoms with Crippen LogP contribution >= 0.6 is 0 Å². The average molecular weight is 529 g/mol. The van der Waals surface area contributed by atoms with Crippen molar-refractivity contribution in [1.29, 1.82) is 0 Å². The van der Waals surface area contributed by atoms with Crippen molar-refractivity contribution in [3.63, 3.8) is 0 Å². The molecule has 2 saturated heterocycles. The zero-order valence-electron chi connectivity index (χ0n) is 19.7. The van der Waals surface area contributed by atoms with Gasteiger partial charge in [-0.05, 0) is 52.0 Å². The number of aryl methyl sites for hydroxylation is 2. The van der Waals surface area contributed by atoms with E-state index in [0.717, 1.165) is 11.1 Å². The third-order valence-corrected chi connectivity index (χ3v) is 8.30. The Morgan fingerprint density at radius 2 is 1.31 bits per heavy atom. The normalized spacial score (nSPS) is 28.2. The average Bonchev–Trinajstić information content (AvgIpc) is 3.19. The first-order chi connectivity index (χ1) is 16.2. The molecule has 0 saturated carbocycles. The highest BCUT2D eigenvalue weighted by molar-refractivity contribution is 7.87. The number of aliphatic hydroxyl groups excluding tert-OH is 1. The molecular formula is C23H28O10S2. The Morgan fingerprint density at radius 1 is 0.829 bits per heavy atom. The number of aliphatic hydroxyl groups is 1. The monoisotopic (exact) mass is 528 g/mol. The molecule has 0 bridgehead atoms. The van der Waals surface area contributed by atoms with Gasteiger partial charge in [-0.2, -0.15) is 16.8 Å². The Labute approximate surface area is 205 Å². The van der Waals surface area contributed by atoms with Gasteiger partial charge in [-0.1, -0.05) is 35.4 Å². The number of hydrogen-bond donors (Lipinski definition) is 1. The van der Waals surface area contributed by atoms with Crippen LogP contribution in [0.5, 0.6) is 0 Å². The predicted octanol–water partition coefficient (Wildman–Crippen LogP) is 2.02. The zero-order valence-corrected chi connectivity index (χ0v) is 21.3. The van der Waals surface area contributed by atoms with E-state index in [1.165, 1.54) is 24.3 Å². The van der Waals surface area contributed by atoms with Crippen molar-refractivity contribution in [2.75, 3.05) is 13.2 Å². The molecule has 35 heavy (non-hydrogen) atoms. The maximum atomic E-state index is 12.7. The molecule has 2 aliphatic rings. The number of hydrogen-bond acceptors (Lipinski definition) is 10. The maximum Gasteiger partial charge on any atom is 0.297 e. The third kappa shape index (κ3) is 5.44. The standard InChI is InChI=1S/C23H28O10S2/c1-15-5-9-17(10-6-15)34(25,26)29-13-19-20(24)21-23(31-19,33-22(3,4)32-21)14-30-35(27,28)18-11-7-16(2)8-12-18/h5-12,19-21,24H,13-14H2,1-4H3/t19-,20-,21+,23+/m1/s1. The minimum atomic E-state index is -4.18. The molecular weight excluding hydrogens is 500 g/mol. The molecule has 10 nitrogen and oxygen atoms in total. The number of benzene rings is 2. The fraction of sp³-hybridized carbons (Fsp3) is 0.478. The summed E-state index contributed by atoms with van der Waals surface area (Å²) in [7, 11) is -8.31. The van der Waals surface area contributed by atoms with Crippen molar-refractivity contribution >= 4 is 20.2 Å². The highest BCUT2D eigenvalue weighted by Crippen LogP contribution is 2.46. The smallest absolute Gasteiger partial charge is 0.297 e. The van der Waals surface area contributed by atoms with E-state index < -0.39 is 63.3 Å². The van der Waals surface area contributed by atoms with Gasteiger partial charge < -0.3 is 19.3 Å². The summed E-state index contributed by atoms with van der Waals surface area (Å²) in [5.74, 6) is -3.02. The number of ether oxygens (including phenoxy) is 3. The van der Waals surface area contributed by atoms with E-state index in [-0.39, 0.29) is 9.79 Å². The second-order valence-corrected chi connectivity index (χ2v) is 12.3. The van der Waals surface area contributed by atoms with Gasteiger partial charge in [-0.25, -0.2) is 0 Å². The molecule has 2 aromatic carbocycles. The van der Waals surface area contributed by atoms with Crippen LogP contribution in [0.15, 0.2) is 58.3 Å². The summed E-state index contributed by atoms with van der Waals surface area (Å²) in [5.41, 5.74) is 1.76. The summed E-state index contributed by atoms with van der Waals surface area (Å²) in [5, 5.41) is 10.8. The molecule has 4 atom stereocenters. The van der Waals surface area contributed by atoms with Crippen LogP contribution in [0, 0.1) is 13.8 Å². The fourth-order valence-corrected chi connectivity index (χ4v) is 5.82. The molecule has 1 N–H and O–H groups in total. The van der Waals surface area contributed by atoms with Crippen LogP contribution in [0.3, 0.4) is 0 Å². The SMILES string of the molecule is Cc1ccc(S(=O)(=O)OC[C@H]2O[C@@]3(COS(=O)(=O)c4ccc(C)cc4)OC(C)(C)O[C@H]3[C@@H]2O)cc1.